The third kappa shape index (κ3) is 9.84. The summed E-state index contributed by atoms with van der Waals surface area (Å²) in [4.78, 5) is 0. The maximum atomic E-state index is 5.66. The van der Waals surface area contributed by atoms with Crippen LogP contribution in [0.25, 0.3) is 5.57 Å². The van der Waals surface area contributed by atoms with Gasteiger partial charge in [0, 0.05) is 0 Å². The summed E-state index contributed by atoms with van der Waals surface area (Å²) in [7, 11) is 0. The Morgan fingerprint density at radius 1 is 1.19 bits per heavy atom. The van der Waals surface area contributed by atoms with E-state index in [-0.39, 0.29) is 0 Å². The fourth-order valence-corrected chi connectivity index (χ4v) is 3.20. The molecular weight excluding hydrogens is 326 g/mol. The summed E-state index contributed by atoms with van der Waals surface area (Å²) >= 11 is 0. The average molecular weight is 366 g/mol. The molecule has 1 heteroatoms. The Kier molecular flexibility index (Phi) is 14.6. The van der Waals surface area contributed by atoms with Crippen molar-refractivity contribution in [3.8, 4) is 0 Å². The van der Waals surface area contributed by atoms with Gasteiger partial charge >= 0.3 is 0 Å². The summed E-state index contributed by atoms with van der Waals surface area (Å²) in [5.74, 6) is 1.16. The van der Waals surface area contributed by atoms with Gasteiger partial charge in [0.25, 0.3) is 0 Å². The SMILES string of the molecule is C=C/C=C(/C/C=C(\C=C/N)c1ccccc1)[C@@H](CC)C[C@@H](C)C=CC.CC. The lowest BCUT2D eigenvalue weighted by molar-refractivity contribution is 0.470. The molecule has 2 N–H and O–H groups in total. The van der Waals surface area contributed by atoms with Crippen LogP contribution < -0.4 is 5.73 Å². The minimum absolute atomic E-state index is 0.569. The van der Waals surface area contributed by atoms with Crippen LogP contribution in [0, 0.1) is 11.8 Å². The minimum atomic E-state index is 0.569. The molecule has 1 rings (SSSR count). The Morgan fingerprint density at radius 3 is 2.37 bits per heavy atom. The molecule has 0 saturated carbocycles. The molecule has 0 aliphatic carbocycles. The van der Waals surface area contributed by atoms with Gasteiger partial charge in [-0.2, -0.15) is 0 Å². The van der Waals surface area contributed by atoms with E-state index in [9.17, 15) is 0 Å². The first-order valence-electron chi connectivity index (χ1n) is 10.2. The van der Waals surface area contributed by atoms with Crippen LogP contribution in [-0.4, -0.2) is 0 Å². The molecule has 0 aliphatic heterocycles. The quantitative estimate of drug-likeness (QED) is 0.333. The molecule has 0 radical (unpaired) electrons. The van der Waals surface area contributed by atoms with Crippen molar-refractivity contribution in [1.82, 2.24) is 0 Å². The maximum Gasteiger partial charge on any atom is -0.00563 e. The topological polar surface area (TPSA) is 26.0 Å². The van der Waals surface area contributed by atoms with Crippen LogP contribution >= 0.6 is 0 Å². The summed E-state index contributed by atoms with van der Waals surface area (Å²) in [5, 5.41) is 0. The molecule has 2 atom stereocenters. The van der Waals surface area contributed by atoms with Gasteiger partial charge in [0.05, 0.1) is 0 Å². The molecule has 148 valence electrons. The predicted octanol–water partition coefficient (Wildman–Crippen LogP) is 7.70. The van der Waals surface area contributed by atoms with Gasteiger partial charge in [-0.05, 0) is 61.4 Å². The number of hydrogen-bond acceptors (Lipinski definition) is 1. The molecule has 1 aromatic carbocycles. The largest absolute Gasteiger partial charge is 0.405 e. The molecule has 0 aromatic heterocycles. The summed E-state index contributed by atoms with van der Waals surface area (Å²) in [6.07, 6.45) is 17.6. The molecule has 1 nitrogen and oxygen atoms in total. The molecular formula is C26H39N. The number of hydrogen-bond donors (Lipinski definition) is 1. The second-order valence-corrected chi connectivity index (χ2v) is 6.41. The number of allylic oxidation sites excluding steroid dienone is 8. The summed E-state index contributed by atoms with van der Waals surface area (Å²) in [5.41, 5.74) is 9.45. The van der Waals surface area contributed by atoms with E-state index in [0.29, 0.717) is 11.8 Å². The number of nitrogens with two attached hydrogens (primary N) is 1. The monoisotopic (exact) mass is 365 g/mol. The van der Waals surface area contributed by atoms with E-state index in [1.165, 1.54) is 17.6 Å². The first-order chi connectivity index (χ1) is 13.2. The highest BCUT2D eigenvalue weighted by Crippen LogP contribution is 2.28. The zero-order valence-corrected chi connectivity index (χ0v) is 18.0. The van der Waals surface area contributed by atoms with Crippen LogP contribution in [0.5, 0.6) is 0 Å². The molecule has 0 saturated heterocycles. The second kappa shape index (κ2) is 15.9. The van der Waals surface area contributed by atoms with E-state index < -0.39 is 0 Å². The van der Waals surface area contributed by atoms with E-state index in [2.05, 4.69) is 75.9 Å². The van der Waals surface area contributed by atoms with Crippen molar-refractivity contribution in [2.45, 2.75) is 53.9 Å². The van der Waals surface area contributed by atoms with Gasteiger partial charge in [-0.1, -0.05) is 101 Å². The zero-order chi connectivity index (χ0) is 20.5. The van der Waals surface area contributed by atoms with Crippen molar-refractivity contribution >= 4 is 5.57 Å². The summed E-state index contributed by atoms with van der Waals surface area (Å²) in [6, 6.07) is 10.4. The summed E-state index contributed by atoms with van der Waals surface area (Å²) in [6.45, 7) is 14.6. The highest BCUT2D eigenvalue weighted by molar-refractivity contribution is 5.74. The van der Waals surface area contributed by atoms with Gasteiger partial charge < -0.3 is 5.73 Å². The Morgan fingerprint density at radius 2 is 1.85 bits per heavy atom. The molecule has 0 amide bonds. The maximum absolute atomic E-state index is 5.66. The number of rotatable bonds is 10. The third-order valence-electron chi connectivity index (χ3n) is 4.47. The smallest absolute Gasteiger partial charge is 0.00563 e. The van der Waals surface area contributed by atoms with E-state index in [4.69, 9.17) is 5.73 Å². The normalized spacial score (nSPS) is 14.7. The lowest BCUT2D eigenvalue weighted by Gasteiger charge is -2.21. The van der Waals surface area contributed by atoms with Crippen LogP contribution in [0.4, 0.5) is 0 Å². The number of benzene rings is 1. The van der Waals surface area contributed by atoms with Crippen molar-refractivity contribution in [3.63, 3.8) is 0 Å². The predicted molar refractivity (Wildman–Crippen MR) is 124 cm³/mol. The van der Waals surface area contributed by atoms with Crippen LogP contribution in [0.3, 0.4) is 0 Å². The van der Waals surface area contributed by atoms with Crippen molar-refractivity contribution in [1.29, 1.82) is 0 Å². The van der Waals surface area contributed by atoms with Gasteiger partial charge in [-0.15, -0.1) is 0 Å². The van der Waals surface area contributed by atoms with E-state index in [0.717, 1.165) is 18.4 Å². The zero-order valence-electron chi connectivity index (χ0n) is 18.0. The fraction of sp³-hybridized carbons (Fsp3) is 0.385. The third-order valence-corrected chi connectivity index (χ3v) is 4.47. The van der Waals surface area contributed by atoms with E-state index in [1.807, 2.05) is 32.1 Å². The van der Waals surface area contributed by atoms with Gasteiger partial charge in [-0.25, -0.2) is 0 Å². The van der Waals surface area contributed by atoms with E-state index in [1.54, 1.807) is 6.20 Å². The van der Waals surface area contributed by atoms with Gasteiger partial charge in [-0.3, -0.25) is 0 Å². The Balaban J connectivity index is 0.00000326. The van der Waals surface area contributed by atoms with Crippen molar-refractivity contribution in [2.24, 2.45) is 17.6 Å². The molecule has 0 fully saturated rings. The molecule has 0 unspecified atom stereocenters. The summed E-state index contributed by atoms with van der Waals surface area (Å²) < 4.78 is 0. The molecule has 0 aliphatic rings. The van der Waals surface area contributed by atoms with Crippen molar-refractivity contribution in [3.05, 3.63) is 90.7 Å². The van der Waals surface area contributed by atoms with Crippen LogP contribution in [0.2, 0.25) is 0 Å². The van der Waals surface area contributed by atoms with E-state index >= 15 is 0 Å². The van der Waals surface area contributed by atoms with Crippen molar-refractivity contribution < 1.29 is 0 Å². The molecule has 0 spiro atoms. The molecule has 1 aromatic rings. The average Bonchev–Trinajstić information content (AvgIpc) is 2.71. The first kappa shape index (κ1) is 24.7. The molecule has 0 bridgehead atoms. The molecule has 0 heterocycles. The lowest BCUT2D eigenvalue weighted by Crippen LogP contribution is -2.07. The standard InChI is InChI=1S/C24H33N.C2H6/c1-5-11-20(4)19-21(7-3)22(12-6-2)15-16-24(17-18-25)23-13-9-8-10-14-23;1-2/h5-6,8-14,16-18,20-21H,2,7,15,19,25H2,1,3-4H3;1-2H3/b11-5?,18-17-,22-12-,24-16+;/t20-,21-;/m0./s1. The Labute approximate surface area is 168 Å². The second-order valence-electron chi connectivity index (χ2n) is 6.41. The van der Waals surface area contributed by atoms with Crippen LogP contribution in [0.1, 0.15) is 59.4 Å². The fourth-order valence-electron chi connectivity index (χ4n) is 3.20. The Bertz CT molecular complexity index is 617. The minimum Gasteiger partial charge on any atom is -0.405 e. The lowest BCUT2D eigenvalue weighted by atomic mass is 9.85. The first-order valence-corrected chi connectivity index (χ1v) is 10.2. The van der Waals surface area contributed by atoms with Crippen molar-refractivity contribution in [2.75, 3.05) is 0 Å². The highest BCUT2D eigenvalue weighted by Gasteiger charge is 2.14. The van der Waals surface area contributed by atoms with Crippen LogP contribution in [0.15, 0.2) is 85.1 Å². The van der Waals surface area contributed by atoms with Gasteiger partial charge in [0.1, 0.15) is 0 Å². The molecule has 27 heavy (non-hydrogen) atoms. The Hall–Kier alpha value is -2.28. The van der Waals surface area contributed by atoms with Gasteiger partial charge in [0.15, 0.2) is 0 Å². The highest BCUT2D eigenvalue weighted by atomic mass is 14.5. The van der Waals surface area contributed by atoms with Gasteiger partial charge in [0.2, 0.25) is 0 Å². The van der Waals surface area contributed by atoms with Crippen LogP contribution in [-0.2, 0) is 0 Å².